The summed E-state index contributed by atoms with van der Waals surface area (Å²) < 4.78 is 1.78. The molecule has 3 heterocycles. The summed E-state index contributed by atoms with van der Waals surface area (Å²) in [6.45, 7) is 7.32. The van der Waals surface area contributed by atoms with Crippen molar-refractivity contribution in [3.8, 4) is 23.5 Å². The topological polar surface area (TPSA) is 85.6 Å². The SMILES string of the molecule is C#Cc1cnc(CC2CCC(C(C(=O)NCc3ccccc3)c3ccc(-c4cnn(C)c4)cn3)CC2)nc1CCC(C)(C)CC. The number of nitrogens with one attached hydrogen (secondary N) is 1. The Labute approximate surface area is 268 Å². The minimum absolute atomic E-state index is 0.0387. The molecular formula is C38H46N6O. The fourth-order valence-electron chi connectivity index (χ4n) is 6.30. The van der Waals surface area contributed by atoms with E-state index in [1.54, 1.807) is 4.68 Å². The molecule has 1 fully saturated rings. The molecule has 7 nitrogen and oxygen atoms in total. The second-order valence-corrected chi connectivity index (χ2v) is 13.3. The third-order valence-corrected chi connectivity index (χ3v) is 9.64. The quantitative estimate of drug-likeness (QED) is 0.175. The lowest BCUT2D eigenvalue weighted by Crippen LogP contribution is -2.35. The number of pyridine rings is 1. The number of nitrogens with zero attached hydrogens (tertiary/aromatic N) is 5. The van der Waals surface area contributed by atoms with E-state index in [1.807, 2.05) is 68.2 Å². The minimum Gasteiger partial charge on any atom is -0.351 e. The van der Waals surface area contributed by atoms with E-state index in [1.165, 1.54) is 0 Å². The Morgan fingerprint density at radius 2 is 1.82 bits per heavy atom. The molecule has 5 rings (SSSR count). The van der Waals surface area contributed by atoms with Crippen LogP contribution in [0.15, 0.2) is 67.3 Å². The third-order valence-electron chi connectivity index (χ3n) is 9.64. The molecule has 7 heteroatoms. The lowest BCUT2D eigenvalue weighted by atomic mass is 9.73. The lowest BCUT2D eigenvalue weighted by Gasteiger charge is -2.33. The van der Waals surface area contributed by atoms with E-state index in [0.717, 1.165) is 90.8 Å². The van der Waals surface area contributed by atoms with Crippen LogP contribution in [0.25, 0.3) is 11.1 Å². The molecule has 4 aromatic rings. The average molecular weight is 603 g/mol. The zero-order valence-electron chi connectivity index (χ0n) is 27.2. The van der Waals surface area contributed by atoms with E-state index < -0.39 is 0 Å². The van der Waals surface area contributed by atoms with E-state index >= 15 is 0 Å². The number of rotatable bonds is 12. The molecule has 1 aliphatic rings. The van der Waals surface area contributed by atoms with Crippen molar-refractivity contribution >= 4 is 5.91 Å². The number of carbonyl (C=O) groups is 1. The van der Waals surface area contributed by atoms with Gasteiger partial charge < -0.3 is 5.32 Å². The van der Waals surface area contributed by atoms with Crippen LogP contribution in [-0.2, 0) is 31.2 Å². The summed E-state index contributed by atoms with van der Waals surface area (Å²) in [5.41, 5.74) is 5.97. The van der Waals surface area contributed by atoms with Crippen molar-refractivity contribution in [3.63, 3.8) is 0 Å². The number of hydrogen-bond donors (Lipinski definition) is 1. The number of amides is 1. The summed E-state index contributed by atoms with van der Waals surface area (Å²) in [5, 5.41) is 7.50. The Kier molecular flexibility index (Phi) is 10.4. The Hall–Kier alpha value is -4.31. The summed E-state index contributed by atoms with van der Waals surface area (Å²) in [5.74, 6) is 4.09. The Morgan fingerprint density at radius 3 is 2.47 bits per heavy atom. The molecule has 1 N–H and O–H groups in total. The van der Waals surface area contributed by atoms with Gasteiger partial charge in [0.1, 0.15) is 5.82 Å². The lowest BCUT2D eigenvalue weighted by molar-refractivity contribution is -0.124. The van der Waals surface area contributed by atoms with Crippen LogP contribution in [0.5, 0.6) is 0 Å². The molecule has 3 aromatic heterocycles. The van der Waals surface area contributed by atoms with Gasteiger partial charge in [0, 0.05) is 49.7 Å². The number of carbonyl (C=O) groups excluding carboxylic acids is 1. The van der Waals surface area contributed by atoms with Gasteiger partial charge in [0.2, 0.25) is 5.91 Å². The van der Waals surface area contributed by atoms with Crippen LogP contribution in [0.3, 0.4) is 0 Å². The molecule has 234 valence electrons. The maximum atomic E-state index is 13.8. The van der Waals surface area contributed by atoms with Gasteiger partial charge in [-0.3, -0.25) is 14.5 Å². The summed E-state index contributed by atoms with van der Waals surface area (Å²) >= 11 is 0. The maximum absolute atomic E-state index is 13.8. The number of aryl methyl sites for hydroxylation is 2. The van der Waals surface area contributed by atoms with Gasteiger partial charge in [-0.05, 0) is 67.4 Å². The largest absolute Gasteiger partial charge is 0.351 e. The van der Waals surface area contributed by atoms with Crippen molar-refractivity contribution in [3.05, 3.63) is 95.6 Å². The van der Waals surface area contributed by atoms with Crippen molar-refractivity contribution < 1.29 is 4.79 Å². The summed E-state index contributed by atoms with van der Waals surface area (Å²) in [6, 6.07) is 14.1. The fraction of sp³-hybridized carbons (Fsp3) is 0.447. The van der Waals surface area contributed by atoms with E-state index in [4.69, 9.17) is 16.4 Å². The predicted molar refractivity (Wildman–Crippen MR) is 179 cm³/mol. The second kappa shape index (κ2) is 14.6. The summed E-state index contributed by atoms with van der Waals surface area (Å²) in [6.07, 6.45) is 21.1. The van der Waals surface area contributed by atoms with Gasteiger partial charge in [0.25, 0.3) is 0 Å². The van der Waals surface area contributed by atoms with Crippen molar-refractivity contribution in [1.29, 1.82) is 0 Å². The molecule has 0 saturated heterocycles. The zero-order chi connectivity index (χ0) is 31.8. The first-order valence-corrected chi connectivity index (χ1v) is 16.3. The van der Waals surface area contributed by atoms with Gasteiger partial charge in [-0.2, -0.15) is 5.10 Å². The van der Waals surface area contributed by atoms with Crippen LogP contribution in [-0.4, -0.2) is 30.6 Å². The van der Waals surface area contributed by atoms with Gasteiger partial charge in [0.15, 0.2) is 0 Å². The monoisotopic (exact) mass is 602 g/mol. The molecule has 0 aliphatic heterocycles. The van der Waals surface area contributed by atoms with Crippen molar-refractivity contribution in [2.45, 2.75) is 84.6 Å². The molecule has 1 aliphatic carbocycles. The molecular weight excluding hydrogens is 556 g/mol. The van der Waals surface area contributed by atoms with Crippen LogP contribution >= 0.6 is 0 Å². The molecule has 0 bridgehead atoms. The van der Waals surface area contributed by atoms with Crippen LogP contribution in [0.2, 0.25) is 0 Å². The third kappa shape index (κ3) is 8.45. The van der Waals surface area contributed by atoms with Crippen molar-refractivity contribution in [2.75, 3.05) is 0 Å². The van der Waals surface area contributed by atoms with E-state index in [9.17, 15) is 4.79 Å². The molecule has 45 heavy (non-hydrogen) atoms. The van der Waals surface area contributed by atoms with Crippen LogP contribution in [0, 0.1) is 29.6 Å². The first kappa shape index (κ1) is 32.1. The van der Waals surface area contributed by atoms with E-state index in [2.05, 4.69) is 48.2 Å². The van der Waals surface area contributed by atoms with Gasteiger partial charge in [-0.15, -0.1) is 6.42 Å². The zero-order valence-corrected chi connectivity index (χ0v) is 27.2. The highest BCUT2D eigenvalue weighted by Crippen LogP contribution is 2.39. The Morgan fingerprint density at radius 1 is 1.04 bits per heavy atom. The summed E-state index contributed by atoms with van der Waals surface area (Å²) in [4.78, 5) is 28.2. The minimum atomic E-state index is -0.308. The standard InChI is InChI=1S/C38H46N6O/c1-6-29-23-40-35(43-33(29)19-20-38(3,4)7-2)21-27-13-15-30(16-14-27)36(37(45)41-22-28-11-9-8-10-12-28)34-18-17-31(24-39-34)32-25-42-44(5)26-32/h1,8-12,17-18,23-27,30,36H,7,13-16,19-22H2,2-5H3,(H,41,45). The van der Waals surface area contributed by atoms with Crippen LogP contribution < -0.4 is 5.32 Å². The maximum Gasteiger partial charge on any atom is 0.229 e. The van der Waals surface area contributed by atoms with Gasteiger partial charge in [-0.1, -0.05) is 69.5 Å². The molecule has 1 atom stereocenters. The Bertz CT molecular complexity index is 1590. The average Bonchev–Trinajstić information content (AvgIpc) is 3.51. The van der Waals surface area contributed by atoms with Crippen LogP contribution in [0.4, 0.5) is 0 Å². The summed E-state index contributed by atoms with van der Waals surface area (Å²) in [7, 11) is 1.90. The number of aromatic nitrogens is 5. The van der Waals surface area contributed by atoms with Gasteiger partial charge >= 0.3 is 0 Å². The molecule has 1 amide bonds. The van der Waals surface area contributed by atoms with Gasteiger partial charge in [0.05, 0.1) is 29.1 Å². The number of terminal acetylenes is 1. The second-order valence-electron chi connectivity index (χ2n) is 13.3. The first-order valence-electron chi connectivity index (χ1n) is 16.3. The first-order chi connectivity index (χ1) is 21.7. The predicted octanol–water partition coefficient (Wildman–Crippen LogP) is 7.07. The molecule has 1 unspecified atom stereocenters. The van der Waals surface area contributed by atoms with E-state index in [-0.39, 0.29) is 23.2 Å². The van der Waals surface area contributed by atoms with Crippen molar-refractivity contribution in [2.24, 2.45) is 24.3 Å². The van der Waals surface area contributed by atoms with Crippen molar-refractivity contribution in [1.82, 2.24) is 30.0 Å². The Balaban J connectivity index is 1.27. The van der Waals surface area contributed by atoms with E-state index in [0.29, 0.717) is 12.5 Å². The van der Waals surface area contributed by atoms with Crippen LogP contribution in [0.1, 0.15) is 93.6 Å². The smallest absolute Gasteiger partial charge is 0.229 e. The fourth-order valence-corrected chi connectivity index (χ4v) is 6.30. The molecule has 0 spiro atoms. The normalized spacial score (nSPS) is 17.4. The highest BCUT2D eigenvalue weighted by molar-refractivity contribution is 5.83. The number of hydrogen-bond acceptors (Lipinski definition) is 5. The highest BCUT2D eigenvalue weighted by atomic mass is 16.1. The van der Waals surface area contributed by atoms with Gasteiger partial charge in [-0.25, -0.2) is 9.97 Å². The molecule has 1 aromatic carbocycles. The molecule has 0 radical (unpaired) electrons. The number of benzene rings is 1. The molecule has 1 saturated carbocycles. The highest BCUT2D eigenvalue weighted by Gasteiger charge is 2.34.